The summed E-state index contributed by atoms with van der Waals surface area (Å²) >= 11 is 5.99. The number of ether oxygens (including phenoxy) is 1. The molecule has 110 valence electrons. The second kappa shape index (κ2) is 5.84. The third kappa shape index (κ3) is 3.14. The van der Waals surface area contributed by atoms with E-state index in [1.807, 2.05) is 0 Å². The van der Waals surface area contributed by atoms with E-state index < -0.39 is 16.4 Å². The Morgan fingerprint density at radius 1 is 1.33 bits per heavy atom. The molecule has 0 saturated heterocycles. The monoisotopic (exact) mass is 311 g/mol. The van der Waals surface area contributed by atoms with E-state index in [2.05, 4.69) is 5.32 Å². The molecule has 0 saturated carbocycles. The first-order valence-electron chi connectivity index (χ1n) is 5.76. The fourth-order valence-corrected chi connectivity index (χ4v) is 1.90. The third-order valence-electron chi connectivity index (χ3n) is 2.73. The number of nitro groups is 1. The summed E-state index contributed by atoms with van der Waals surface area (Å²) in [7, 11) is 1.27. The second-order valence-corrected chi connectivity index (χ2v) is 4.53. The molecule has 0 aromatic heterocycles. The number of nitrogens with one attached hydrogen (secondary N) is 1. The molecule has 6 nitrogen and oxygen atoms in total. The van der Waals surface area contributed by atoms with Gasteiger partial charge in [0.1, 0.15) is 5.69 Å². The van der Waals surface area contributed by atoms with Crippen LogP contribution in [0.4, 0.5) is 27.1 Å². The zero-order chi connectivity index (χ0) is 15.6. The predicted octanol–water partition coefficient (Wildman–Crippen LogP) is 3.72. The van der Waals surface area contributed by atoms with Crippen LogP contribution in [0.3, 0.4) is 0 Å². The van der Waals surface area contributed by atoms with Crippen molar-refractivity contribution in [3.8, 4) is 5.75 Å². The number of hydrogen-bond acceptors (Lipinski definition) is 5. The van der Waals surface area contributed by atoms with Crippen LogP contribution < -0.4 is 15.8 Å². The molecular formula is C13H11ClFN3O3. The van der Waals surface area contributed by atoms with Crippen LogP contribution in [0, 0.1) is 15.9 Å². The molecule has 2 aromatic rings. The molecule has 0 heterocycles. The lowest BCUT2D eigenvalue weighted by Gasteiger charge is -2.11. The van der Waals surface area contributed by atoms with Gasteiger partial charge in [-0.15, -0.1) is 0 Å². The maximum Gasteiger partial charge on any atom is 0.295 e. The molecule has 0 aliphatic rings. The Hall–Kier alpha value is -2.54. The van der Waals surface area contributed by atoms with E-state index in [-0.39, 0.29) is 11.4 Å². The molecule has 21 heavy (non-hydrogen) atoms. The van der Waals surface area contributed by atoms with Crippen molar-refractivity contribution >= 4 is 34.4 Å². The second-order valence-electron chi connectivity index (χ2n) is 4.13. The van der Waals surface area contributed by atoms with E-state index in [1.54, 1.807) is 12.1 Å². The molecule has 0 unspecified atom stereocenters. The van der Waals surface area contributed by atoms with Gasteiger partial charge in [0, 0.05) is 11.8 Å². The number of hydrogen-bond donors (Lipinski definition) is 2. The van der Waals surface area contributed by atoms with Gasteiger partial charge in [0.2, 0.25) is 0 Å². The highest BCUT2D eigenvalue weighted by Crippen LogP contribution is 2.36. The van der Waals surface area contributed by atoms with Gasteiger partial charge in [0.25, 0.3) is 5.69 Å². The van der Waals surface area contributed by atoms with E-state index in [4.69, 9.17) is 22.1 Å². The molecule has 0 aliphatic heterocycles. The number of nitro benzene ring substituents is 1. The molecule has 2 aromatic carbocycles. The molecule has 0 radical (unpaired) electrons. The highest BCUT2D eigenvalue weighted by atomic mass is 35.5. The number of rotatable bonds is 4. The minimum absolute atomic E-state index is 0.0470. The van der Waals surface area contributed by atoms with Gasteiger partial charge >= 0.3 is 0 Å². The first-order chi connectivity index (χ1) is 9.92. The fraction of sp³-hybridized carbons (Fsp3) is 0.0769. The van der Waals surface area contributed by atoms with Crippen LogP contribution in [-0.4, -0.2) is 12.0 Å². The normalized spacial score (nSPS) is 10.2. The zero-order valence-corrected chi connectivity index (χ0v) is 11.6. The average molecular weight is 312 g/mol. The minimum atomic E-state index is -0.826. The summed E-state index contributed by atoms with van der Waals surface area (Å²) in [6.07, 6.45) is 0. The minimum Gasteiger partial charge on any atom is -0.494 e. The maximum absolute atomic E-state index is 13.6. The summed E-state index contributed by atoms with van der Waals surface area (Å²) in [4.78, 5) is 10.3. The van der Waals surface area contributed by atoms with Gasteiger partial charge in [-0.3, -0.25) is 10.1 Å². The largest absolute Gasteiger partial charge is 0.494 e. The highest BCUT2D eigenvalue weighted by molar-refractivity contribution is 6.33. The van der Waals surface area contributed by atoms with Gasteiger partial charge in [-0.2, -0.15) is 0 Å². The number of halogens is 2. The lowest BCUT2D eigenvalue weighted by Crippen LogP contribution is -2.00. The van der Waals surface area contributed by atoms with Crippen molar-refractivity contribution in [3.63, 3.8) is 0 Å². The topological polar surface area (TPSA) is 90.4 Å². The van der Waals surface area contributed by atoms with Crippen LogP contribution in [0.2, 0.25) is 5.02 Å². The summed E-state index contributed by atoms with van der Waals surface area (Å²) in [5, 5.41) is 14.1. The van der Waals surface area contributed by atoms with Crippen LogP contribution in [0.1, 0.15) is 0 Å². The standard InChI is InChI=1S/C13H11ClFN3O3/c1-21-13-6-11(12(18(19)20)5-9(13)15)17-10-4-7(16)2-3-8(10)14/h2-6,17H,16H2,1H3. The van der Waals surface area contributed by atoms with Crippen molar-refractivity contribution < 1.29 is 14.1 Å². The Bertz CT molecular complexity index is 709. The van der Waals surface area contributed by atoms with E-state index in [0.717, 1.165) is 6.07 Å². The molecule has 0 fully saturated rings. The van der Waals surface area contributed by atoms with E-state index in [0.29, 0.717) is 16.4 Å². The van der Waals surface area contributed by atoms with Gasteiger partial charge in [-0.05, 0) is 18.2 Å². The lowest BCUT2D eigenvalue weighted by molar-refractivity contribution is -0.384. The average Bonchev–Trinajstić information content (AvgIpc) is 2.44. The molecule has 0 bridgehead atoms. The highest BCUT2D eigenvalue weighted by Gasteiger charge is 2.19. The molecule has 0 amide bonds. The number of anilines is 3. The molecular weight excluding hydrogens is 301 g/mol. The van der Waals surface area contributed by atoms with Gasteiger partial charge in [-0.1, -0.05) is 11.6 Å². The van der Waals surface area contributed by atoms with Crippen LogP contribution in [0.25, 0.3) is 0 Å². The fourth-order valence-electron chi connectivity index (χ4n) is 1.73. The van der Waals surface area contributed by atoms with Crippen molar-refractivity contribution in [2.24, 2.45) is 0 Å². The number of benzene rings is 2. The Labute approximate surface area is 124 Å². The first-order valence-corrected chi connectivity index (χ1v) is 6.14. The SMILES string of the molecule is COc1cc(Nc2cc(N)ccc2Cl)c([N+](=O)[O-])cc1F. The predicted molar refractivity (Wildman–Crippen MR) is 78.8 cm³/mol. The van der Waals surface area contributed by atoms with Gasteiger partial charge in [0.05, 0.1) is 28.8 Å². The Kier molecular flexibility index (Phi) is 4.13. The van der Waals surface area contributed by atoms with Gasteiger partial charge in [-0.25, -0.2) is 4.39 Å². The Balaban J connectivity index is 2.51. The first kappa shape index (κ1) is 14.9. The van der Waals surface area contributed by atoms with Crippen molar-refractivity contribution in [3.05, 3.63) is 51.3 Å². The Morgan fingerprint density at radius 2 is 2.05 bits per heavy atom. The molecule has 0 aliphatic carbocycles. The summed E-state index contributed by atoms with van der Waals surface area (Å²) in [6.45, 7) is 0. The van der Waals surface area contributed by atoms with Crippen molar-refractivity contribution in [1.29, 1.82) is 0 Å². The summed E-state index contributed by atoms with van der Waals surface area (Å²) < 4.78 is 18.4. The lowest BCUT2D eigenvalue weighted by atomic mass is 10.2. The van der Waals surface area contributed by atoms with Crippen molar-refractivity contribution in [2.75, 3.05) is 18.2 Å². The molecule has 0 spiro atoms. The molecule has 0 atom stereocenters. The Morgan fingerprint density at radius 3 is 2.67 bits per heavy atom. The number of methoxy groups -OCH3 is 1. The quantitative estimate of drug-likeness (QED) is 0.510. The number of nitrogen functional groups attached to an aromatic ring is 1. The summed E-state index contributed by atoms with van der Waals surface area (Å²) in [5.41, 5.74) is 6.05. The van der Waals surface area contributed by atoms with Crippen LogP contribution in [-0.2, 0) is 0 Å². The molecule has 2 rings (SSSR count). The van der Waals surface area contributed by atoms with E-state index >= 15 is 0 Å². The van der Waals surface area contributed by atoms with Gasteiger partial charge in [0.15, 0.2) is 11.6 Å². The van der Waals surface area contributed by atoms with Crippen LogP contribution in [0.5, 0.6) is 5.75 Å². The molecule has 3 N–H and O–H groups in total. The number of nitrogens with zero attached hydrogens (tertiary/aromatic N) is 1. The number of nitrogens with two attached hydrogens (primary N) is 1. The summed E-state index contributed by atoms with van der Waals surface area (Å²) in [5.74, 6) is -0.948. The van der Waals surface area contributed by atoms with Gasteiger partial charge < -0.3 is 15.8 Å². The van der Waals surface area contributed by atoms with Crippen LogP contribution in [0.15, 0.2) is 30.3 Å². The smallest absolute Gasteiger partial charge is 0.295 e. The van der Waals surface area contributed by atoms with Crippen LogP contribution >= 0.6 is 11.6 Å². The zero-order valence-electron chi connectivity index (χ0n) is 10.9. The van der Waals surface area contributed by atoms with Crippen molar-refractivity contribution in [1.82, 2.24) is 0 Å². The maximum atomic E-state index is 13.6. The van der Waals surface area contributed by atoms with Crippen molar-refractivity contribution in [2.45, 2.75) is 0 Å². The van der Waals surface area contributed by atoms with E-state index in [9.17, 15) is 14.5 Å². The molecule has 8 heteroatoms. The van der Waals surface area contributed by atoms with E-state index in [1.165, 1.54) is 19.2 Å². The third-order valence-corrected chi connectivity index (χ3v) is 3.06. The summed E-state index contributed by atoms with van der Waals surface area (Å²) in [6, 6.07) is 6.62.